The van der Waals surface area contributed by atoms with E-state index < -0.39 is 0 Å². The van der Waals surface area contributed by atoms with Crippen LogP contribution in [-0.4, -0.2) is 48.1 Å². The van der Waals surface area contributed by atoms with E-state index in [1.807, 2.05) is 18.2 Å². The molecule has 1 saturated heterocycles. The predicted molar refractivity (Wildman–Crippen MR) is 86.2 cm³/mol. The second-order valence-electron chi connectivity index (χ2n) is 5.55. The molecule has 0 amide bonds. The van der Waals surface area contributed by atoms with Crippen LogP contribution in [0.2, 0.25) is 0 Å². The molecule has 5 nitrogen and oxygen atoms in total. The SMILES string of the molecule is Cc1cccc(Nc2cc(N3CCN(C)CC3)ncn2)c1. The van der Waals surface area contributed by atoms with Gasteiger partial charge in [-0.1, -0.05) is 12.1 Å². The van der Waals surface area contributed by atoms with Gasteiger partial charge in [-0.15, -0.1) is 0 Å². The lowest BCUT2D eigenvalue weighted by Crippen LogP contribution is -2.44. The lowest BCUT2D eigenvalue weighted by Gasteiger charge is -2.33. The number of hydrogen-bond donors (Lipinski definition) is 1. The Morgan fingerprint density at radius 3 is 2.62 bits per heavy atom. The molecule has 1 aromatic heterocycles. The molecule has 5 heteroatoms. The smallest absolute Gasteiger partial charge is 0.135 e. The lowest BCUT2D eigenvalue weighted by molar-refractivity contribution is 0.312. The van der Waals surface area contributed by atoms with Crippen LogP contribution in [0.5, 0.6) is 0 Å². The first-order valence-electron chi connectivity index (χ1n) is 7.30. The van der Waals surface area contributed by atoms with E-state index in [1.54, 1.807) is 6.33 Å². The number of nitrogens with zero attached hydrogens (tertiary/aromatic N) is 4. The van der Waals surface area contributed by atoms with Gasteiger partial charge in [-0.2, -0.15) is 0 Å². The van der Waals surface area contributed by atoms with E-state index in [0.29, 0.717) is 0 Å². The van der Waals surface area contributed by atoms with Gasteiger partial charge in [-0.25, -0.2) is 9.97 Å². The Labute approximate surface area is 125 Å². The highest BCUT2D eigenvalue weighted by atomic mass is 15.3. The van der Waals surface area contributed by atoms with Gasteiger partial charge >= 0.3 is 0 Å². The standard InChI is InChI=1S/C16H21N5/c1-13-4-3-5-14(10-13)19-15-11-16(18-12-17-15)21-8-6-20(2)7-9-21/h3-5,10-12H,6-9H2,1-2H3,(H,17,18,19). The third-order valence-corrected chi connectivity index (χ3v) is 3.77. The second kappa shape index (κ2) is 6.10. The number of hydrogen-bond acceptors (Lipinski definition) is 5. The Morgan fingerprint density at radius 2 is 1.86 bits per heavy atom. The largest absolute Gasteiger partial charge is 0.354 e. The van der Waals surface area contributed by atoms with Crippen LogP contribution in [0.3, 0.4) is 0 Å². The number of aromatic nitrogens is 2. The van der Waals surface area contributed by atoms with Gasteiger partial charge in [0.2, 0.25) is 0 Å². The van der Waals surface area contributed by atoms with Crippen LogP contribution < -0.4 is 10.2 Å². The van der Waals surface area contributed by atoms with Gasteiger partial charge in [-0.3, -0.25) is 0 Å². The van der Waals surface area contributed by atoms with Crippen molar-refractivity contribution >= 4 is 17.3 Å². The average molecular weight is 283 g/mol. The van der Waals surface area contributed by atoms with Gasteiger partial charge in [0, 0.05) is 37.9 Å². The molecule has 0 spiro atoms. The fraction of sp³-hybridized carbons (Fsp3) is 0.375. The van der Waals surface area contributed by atoms with Crippen molar-refractivity contribution in [3.8, 4) is 0 Å². The molecule has 1 aliphatic rings. The Bertz CT molecular complexity index is 605. The minimum Gasteiger partial charge on any atom is -0.354 e. The summed E-state index contributed by atoms with van der Waals surface area (Å²) < 4.78 is 0. The zero-order valence-corrected chi connectivity index (χ0v) is 12.6. The first-order chi connectivity index (χ1) is 10.2. The molecule has 1 aromatic carbocycles. The van der Waals surface area contributed by atoms with E-state index in [1.165, 1.54) is 5.56 Å². The lowest BCUT2D eigenvalue weighted by atomic mass is 10.2. The maximum absolute atomic E-state index is 4.40. The Balaban J connectivity index is 1.74. The van der Waals surface area contributed by atoms with Crippen molar-refractivity contribution in [1.29, 1.82) is 0 Å². The van der Waals surface area contributed by atoms with Crippen molar-refractivity contribution < 1.29 is 0 Å². The minimum absolute atomic E-state index is 0.838. The molecule has 0 atom stereocenters. The van der Waals surface area contributed by atoms with E-state index >= 15 is 0 Å². The number of nitrogens with one attached hydrogen (secondary N) is 1. The Morgan fingerprint density at radius 1 is 1.05 bits per heavy atom. The monoisotopic (exact) mass is 283 g/mol. The van der Waals surface area contributed by atoms with Crippen LogP contribution in [0.4, 0.5) is 17.3 Å². The van der Waals surface area contributed by atoms with E-state index in [0.717, 1.165) is 43.5 Å². The molecule has 0 aliphatic carbocycles. The first-order valence-corrected chi connectivity index (χ1v) is 7.30. The molecule has 3 rings (SSSR count). The molecule has 1 aliphatic heterocycles. The normalized spacial score (nSPS) is 16.0. The number of anilines is 3. The van der Waals surface area contributed by atoms with E-state index in [2.05, 4.69) is 51.2 Å². The van der Waals surface area contributed by atoms with Crippen LogP contribution >= 0.6 is 0 Å². The number of likely N-dealkylation sites (N-methyl/N-ethyl adjacent to an activating group) is 1. The summed E-state index contributed by atoms with van der Waals surface area (Å²) in [4.78, 5) is 13.4. The highest BCUT2D eigenvalue weighted by molar-refractivity contribution is 5.59. The van der Waals surface area contributed by atoms with E-state index in [9.17, 15) is 0 Å². The van der Waals surface area contributed by atoms with Gasteiger partial charge in [-0.05, 0) is 31.7 Å². The maximum atomic E-state index is 4.40. The molecule has 110 valence electrons. The number of benzene rings is 1. The maximum Gasteiger partial charge on any atom is 0.135 e. The van der Waals surface area contributed by atoms with E-state index in [-0.39, 0.29) is 0 Å². The molecular weight excluding hydrogens is 262 g/mol. The van der Waals surface area contributed by atoms with Crippen molar-refractivity contribution in [1.82, 2.24) is 14.9 Å². The van der Waals surface area contributed by atoms with Gasteiger partial charge in [0.15, 0.2) is 0 Å². The molecule has 0 unspecified atom stereocenters. The summed E-state index contributed by atoms with van der Waals surface area (Å²) in [6.07, 6.45) is 1.63. The fourth-order valence-corrected chi connectivity index (χ4v) is 2.49. The van der Waals surface area contributed by atoms with Crippen LogP contribution in [0.15, 0.2) is 36.7 Å². The summed E-state index contributed by atoms with van der Waals surface area (Å²) in [5.74, 6) is 1.83. The Hall–Kier alpha value is -2.14. The molecule has 21 heavy (non-hydrogen) atoms. The molecule has 1 fully saturated rings. The van der Waals surface area contributed by atoms with Gasteiger partial charge in [0.1, 0.15) is 18.0 Å². The van der Waals surface area contributed by atoms with Crippen molar-refractivity contribution in [3.05, 3.63) is 42.2 Å². The highest BCUT2D eigenvalue weighted by Gasteiger charge is 2.15. The summed E-state index contributed by atoms with van der Waals surface area (Å²) in [5.41, 5.74) is 2.28. The highest BCUT2D eigenvalue weighted by Crippen LogP contribution is 2.20. The quantitative estimate of drug-likeness (QED) is 0.936. The topological polar surface area (TPSA) is 44.3 Å². The second-order valence-corrected chi connectivity index (χ2v) is 5.55. The van der Waals surface area contributed by atoms with Crippen molar-refractivity contribution in [2.75, 3.05) is 43.4 Å². The third kappa shape index (κ3) is 3.49. The molecule has 0 bridgehead atoms. The van der Waals surface area contributed by atoms with Crippen molar-refractivity contribution in [2.24, 2.45) is 0 Å². The molecule has 2 heterocycles. The number of rotatable bonds is 3. The van der Waals surface area contributed by atoms with Gasteiger partial charge in [0.25, 0.3) is 0 Å². The molecular formula is C16H21N5. The van der Waals surface area contributed by atoms with Gasteiger partial charge in [0.05, 0.1) is 0 Å². The molecule has 0 saturated carbocycles. The summed E-state index contributed by atoms with van der Waals surface area (Å²) in [5, 5.41) is 3.34. The Kier molecular flexibility index (Phi) is 4.01. The predicted octanol–water partition coefficient (Wildman–Crippen LogP) is 2.28. The summed E-state index contributed by atoms with van der Waals surface area (Å²) in [7, 11) is 2.15. The van der Waals surface area contributed by atoms with Crippen LogP contribution in [0.25, 0.3) is 0 Å². The van der Waals surface area contributed by atoms with Crippen LogP contribution in [0.1, 0.15) is 5.56 Å². The third-order valence-electron chi connectivity index (χ3n) is 3.77. The van der Waals surface area contributed by atoms with E-state index in [4.69, 9.17) is 0 Å². The molecule has 2 aromatic rings. The zero-order valence-electron chi connectivity index (χ0n) is 12.6. The zero-order chi connectivity index (χ0) is 14.7. The van der Waals surface area contributed by atoms with Crippen molar-refractivity contribution in [2.45, 2.75) is 6.92 Å². The fourth-order valence-electron chi connectivity index (χ4n) is 2.49. The van der Waals surface area contributed by atoms with Crippen molar-refractivity contribution in [3.63, 3.8) is 0 Å². The van der Waals surface area contributed by atoms with Crippen LogP contribution in [0, 0.1) is 6.92 Å². The minimum atomic E-state index is 0.838. The summed E-state index contributed by atoms with van der Waals surface area (Å²) >= 11 is 0. The average Bonchev–Trinajstić information content (AvgIpc) is 2.48. The summed E-state index contributed by atoms with van der Waals surface area (Å²) in [6.45, 7) is 6.25. The molecule has 1 N–H and O–H groups in total. The first kappa shape index (κ1) is 13.8. The number of piperazine rings is 1. The summed E-state index contributed by atoms with van der Waals surface area (Å²) in [6, 6.07) is 10.3. The van der Waals surface area contributed by atoms with Gasteiger partial charge < -0.3 is 15.1 Å². The number of aryl methyl sites for hydroxylation is 1. The van der Waals surface area contributed by atoms with Crippen LogP contribution in [-0.2, 0) is 0 Å². The molecule has 0 radical (unpaired) electrons.